The third-order valence-electron chi connectivity index (χ3n) is 1.19. The van der Waals surface area contributed by atoms with Crippen LogP contribution in [0.15, 0.2) is 0 Å². The number of rotatable bonds is 5. The van der Waals surface area contributed by atoms with Gasteiger partial charge in [-0.3, -0.25) is 9.59 Å². The lowest BCUT2D eigenvalue weighted by Gasteiger charge is -1.97. The van der Waals surface area contributed by atoms with Gasteiger partial charge in [-0.25, -0.2) is 4.79 Å². The Morgan fingerprint density at radius 3 is 2.17 bits per heavy atom. The summed E-state index contributed by atoms with van der Waals surface area (Å²) in [5.74, 6) is -2.76. The van der Waals surface area contributed by atoms with Gasteiger partial charge in [0.05, 0.1) is 6.61 Å². The third kappa shape index (κ3) is 3.27. The maximum absolute atomic E-state index is 10.8. The minimum atomic E-state index is -1.05. The Morgan fingerprint density at radius 2 is 1.75 bits per heavy atom. The van der Waals surface area contributed by atoms with Gasteiger partial charge in [0.15, 0.2) is 0 Å². The van der Waals surface area contributed by atoms with Crippen molar-refractivity contribution in [2.24, 2.45) is 0 Å². The second kappa shape index (κ2) is 5.46. The molecule has 0 aliphatic rings. The molecule has 0 rings (SSSR count). The van der Waals surface area contributed by atoms with Gasteiger partial charge in [0.2, 0.25) is 5.78 Å². The van der Waals surface area contributed by atoms with E-state index in [1.165, 1.54) is 0 Å². The summed E-state index contributed by atoms with van der Waals surface area (Å²) in [5, 5.41) is 0. The van der Waals surface area contributed by atoms with Crippen LogP contribution in [0.25, 0.3) is 0 Å². The zero-order valence-electron chi connectivity index (χ0n) is 7.25. The molecule has 0 bridgehead atoms. The molecule has 0 unspecified atom stereocenters. The number of esters is 1. The SMILES string of the molecule is CCCC(=O)C(=O)C(=O)OCC. The topological polar surface area (TPSA) is 60.4 Å². The van der Waals surface area contributed by atoms with Gasteiger partial charge in [-0.2, -0.15) is 0 Å². The molecule has 0 saturated heterocycles. The van der Waals surface area contributed by atoms with Crippen molar-refractivity contribution in [3.05, 3.63) is 0 Å². The summed E-state index contributed by atoms with van der Waals surface area (Å²) in [4.78, 5) is 32.3. The molecular weight excluding hydrogens is 160 g/mol. The fourth-order valence-corrected chi connectivity index (χ4v) is 0.651. The lowest BCUT2D eigenvalue weighted by Crippen LogP contribution is -2.25. The van der Waals surface area contributed by atoms with Gasteiger partial charge in [0, 0.05) is 6.42 Å². The highest BCUT2D eigenvalue weighted by atomic mass is 16.5. The molecule has 0 spiro atoms. The van der Waals surface area contributed by atoms with E-state index in [0.717, 1.165) is 0 Å². The van der Waals surface area contributed by atoms with Crippen LogP contribution in [-0.4, -0.2) is 24.1 Å². The van der Waals surface area contributed by atoms with Crippen molar-refractivity contribution in [3.63, 3.8) is 0 Å². The van der Waals surface area contributed by atoms with Gasteiger partial charge in [-0.15, -0.1) is 0 Å². The van der Waals surface area contributed by atoms with E-state index in [9.17, 15) is 14.4 Å². The van der Waals surface area contributed by atoms with E-state index in [-0.39, 0.29) is 13.0 Å². The van der Waals surface area contributed by atoms with E-state index < -0.39 is 17.5 Å². The molecule has 0 aliphatic heterocycles. The minimum absolute atomic E-state index is 0.109. The summed E-state index contributed by atoms with van der Waals surface area (Å²) in [5.41, 5.74) is 0. The Labute approximate surface area is 70.9 Å². The molecule has 0 fully saturated rings. The van der Waals surface area contributed by atoms with Crippen molar-refractivity contribution in [2.75, 3.05) is 6.61 Å². The van der Waals surface area contributed by atoms with Crippen molar-refractivity contribution in [1.29, 1.82) is 0 Å². The molecule has 4 heteroatoms. The molecular formula is C8H12O4. The van der Waals surface area contributed by atoms with Gasteiger partial charge < -0.3 is 4.74 Å². The van der Waals surface area contributed by atoms with Gasteiger partial charge in [0.25, 0.3) is 0 Å². The number of carbonyl (C=O) groups is 3. The predicted molar refractivity (Wildman–Crippen MR) is 41.6 cm³/mol. The third-order valence-corrected chi connectivity index (χ3v) is 1.19. The molecule has 0 atom stereocenters. The van der Waals surface area contributed by atoms with Crippen LogP contribution in [0, 0.1) is 0 Å². The molecule has 0 heterocycles. The Kier molecular flexibility index (Phi) is 4.92. The van der Waals surface area contributed by atoms with Gasteiger partial charge in [0.1, 0.15) is 0 Å². The monoisotopic (exact) mass is 172 g/mol. The summed E-state index contributed by atoms with van der Waals surface area (Å²) in [6.45, 7) is 3.45. The normalized spacial score (nSPS) is 9.17. The first kappa shape index (κ1) is 10.8. The molecule has 68 valence electrons. The summed E-state index contributed by atoms with van der Waals surface area (Å²) in [6, 6.07) is 0. The van der Waals surface area contributed by atoms with E-state index in [0.29, 0.717) is 6.42 Å². The predicted octanol–water partition coefficient (Wildman–Crippen LogP) is 0.488. The van der Waals surface area contributed by atoms with Crippen LogP contribution >= 0.6 is 0 Å². The van der Waals surface area contributed by atoms with Crippen LogP contribution in [0.2, 0.25) is 0 Å². The summed E-state index contributed by atoms with van der Waals surface area (Å²) >= 11 is 0. The summed E-state index contributed by atoms with van der Waals surface area (Å²) < 4.78 is 4.36. The molecule has 0 aliphatic carbocycles. The largest absolute Gasteiger partial charge is 0.460 e. The summed E-state index contributed by atoms with van der Waals surface area (Å²) in [7, 11) is 0. The fraction of sp³-hybridized carbons (Fsp3) is 0.625. The molecule has 0 amide bonds. The fourth-order valence-electron chi connectivity index (χ4n) is 0.651. The lowest BCUT2D eigenvalue weighted by molar-refractivity contribution is -0.156. The number of hydrogen-bond donors (Lipinski definition) is 0. The number of carbonyl (C=O) groups excluding carboxylic acids is 3. The molecule has 0 saturated carbocycles. The molecule has 4 nitrogen and oxygen atoms in total. The molecule has 12 heavy (non-hydrogen) atoms. The number of hydrogen-bond acceptors (Lipinski definition) is 4. The second-order valence-corrected chi connectivity index (χ2v) is 2.22. The number of Topliss-reactive ketones (excluding diaryl/α,β-unsaturated/α-hetero) is 2. The zero-order valence-corrected chi connectivity index (χ0v) is 7.25. The average Bonchev–Trinajstić information content (AvgIpc) is 2.04. The van der Waals surface area contributed by atoms with Crippen LogP contribution < -0.4 is 0 Å². The highest BCUT2D eigenvalue weighted by molar-refractivity contribution is 6.62. The highest BCUT2D eigenvalue weighted by Gasteiger charge is 2.22. The van der Waals surface area contributed by atoms with Crippen molar-refractivity contribution < 1.29 is 19.1 Å². The van der Waals surface area contributed by atoms with E-state index in [4.69, 9.17) is 0 Å². The number of ether oxygens (including phenoxy) is 1. The first-order valence-corrected chi connectivity index (χ1v) is 3.87. The maximum atomic E-state index is 10.8. The van der Waals surface area contributed by atoms with Crippen molar-refractivity contribution in [1.82, 2.24) is 0 Å². The van der Waals surface area contributed by atoms with E-state index in [2.05, 4.69) is 4.74 Å². The van der Waals surface area contributed by atoms with Crippen molar-refractivity contribution >= 4 is 17.5 Å². The van der Waals surface area contributed by atoms with Gasteiger partial charge >= 0.3 is 11.8 Å². The first-order chi connectivity index (χ1) is 5.63. The minimum Gasteiger partial charge on any atom is -0.460 e. The van der Waals surface area contributed by atoms with Gasteiger partial charge in [-0.1, -0.05) is 6.92 Å². The highest BCUT2D eigenvalue weighted by Crippen LogP contribution is 1.92. The maximum Gasteiger partial charge on any atom is 0.382 e. The van der Waals surface area contributed by atoms with Crippen LogP contribution in [0.5, 0.6) is 0 Å². The van der Waals surface area contributed by atoms with Crippen molar-refractivity contribution in [2.45, 2.75) is 26.7 Å². The van der Waals surface area contributed by atoms with Gasteiger partial charge in [-0.05, 0) is 13.3 Å². The quantitative estimate of drug-likeness (QED) is 0.344. The smallest absolute Gasteiger partial charge is 0.382 e. The van der Waals surface area contributed by atoms with Crippen LogP contribution in [-0.2, 0) is 19.1 Å². The standard InChI is InChI=1S/C8H12O4/c1-3-5-6(9)7(10)8(11)12-4-2/h3-5H2,1-2H3. The second-order valence-electron chi connectivity index (χ2n) is 2.22. The molecule has 0 radical (unpaired) electrons. The molecule has 0 aromatic heterocycles. The Hall–Kier alpha value is -1.19. The molecule has 0 aromatic carbocycles. The first-order valence-electron chi connectivity index (χ1n) is 3.87. The number of ketones is 2. The van der Waals surface area contributed by atoms with Crippen LogP contribution in [0.4, 0.5) is 0 Å². The Balaban J connectivity index is 4.01. The van der Waals surface area contributed by atoms with Crippen molar-refractivity contribution in [3.8, 4) is 0 Å². The van der Waals surface area contributed by atoms with E-state index >= 15 is 0 Å². The Morgan fingerprint density at radius 1 is 1.17 bits per heavy atom. The molecule has 0 aromatic rings. The average molecular weight is 172 g/mol. The Bertz CT molecular complexity index is 175. The summed E-state index contributed by atoms with van der Waals surface area (Å²) in [6.07, 6.45) is 0.668. The lowest BCUT2D eigenvalue weighted by atomic mass is 10.1. The molecule has 0 N–H and O–H groups in total. The van der Waals surface area contributed by atoms with E-state index in [1.54, 1.807) is 13.8 Å². The van der Waals surface area contributed by atoms with E-state index in [1.807, 2.05) is 0 Å². The van der Waals surface area contributed by atoms with Crippen LogP contribution in [0.3, 0.4) is 0 Å². The zero-order chi connectivity index (χ0) is 9.56. The van der Waals surface area contributed by atoms with Crippen LogP contribution in [0.1, 0.15) is 26.7 Å².